The summed E-state index contributed by atoms with van der Waals surface area (Å²) < 4.78 is 25.4. The molecule has 6 heteroatoms. The first-order valence-corrected chi connectivity index (χ1v) is 3.39. The van der Waals surface area contributed by atoms with Crippen LogP contribution in [0.1, 0.15) is 20.7 Å². The number of benzene rings is 1. The lowest BCUT2D eigenvalue weighted by Gasteiger charge is -2.00. The molecule has 0 heterocycles. The maximum absolute atomic E-state index is 12.7. The molecule has 0 radical (unpaired) electrons. The fourth-order valence-electron chi connectivity index (χ4n) is 0.868. The van der Waals surface area contributed by atoms with E-state index >= 15 is 0 Å². The number of aromatic carboxylic acids is 2. The lowest BCUT2D eigenvalue weighted by molar-refractivity contribution is 0.0690. The van der Waals surface area contributed by atoms with Crippen molar-refractivity contribution in [2.75, 3.05) is 0 Å². The number of halogens is 2. The molecule has 14 heavy (non-hydrogen) atoms. The Hall–Kier alpha value is -1.98. The highest BCUT2D eigenvalue weighted by Crippen LogP contribution is 2.15. The van der Waals surface area contributed by atoms with Crippen LogP contribution in [-0.2, 0) is 0 Å². The van der Waals surface area contributed by atoms with Crippen molar-refractivity contribution >= 4 is 11.9 Å². The Balaban J connectivity index is 3.43. The van der Waals surface area contributed by atoms with Gasteiger partial charge in [-0.3, -0.25) is 0 Å². The highest BCUT2D eigenvalue weighted by atomic mass is 19.2. The van der Waals surface area contributed by atoms with Crippen molar-refractivity contribution in [3.8, 4) is 0 Å². The molecule has 1 aromatic carbocycles. The van der Waals surface area contributed by atoms with Crippen molar-refractivity contribution in [3.63, 3.8) is 0 Å². The van der Waals surface area contributed by atoms with Crippen LogP contribution in [0.15, 0.2) is 12.1 Å². The molecule has 2 N–H and O–H groups in total. The lowest BCUT2D eigenvalue weighted by atomic mass is 10.1. The summed E-state index contributed by atoms with van der Waals surface area (Å²) in [5.41, 5.74) is -1.61. The summed E-state index contributed by atoms with van der Waals surface area (Å²) in [6, 6.07) is 0.979. The van der Waals surface area contributed by atoms with Gasteiger partial charge in [-0.25, -0.2) is 18.4 Å². The van der Waals surface area contributed by atoms with Gasteiger partial charge < -0.3 is 10.2 Å². The minimum Gasteiger partial charge on any atom is -0.478 e. The third-order valence-electron chi connectivity index (χ3n) is 1.51. The minimum atomic E-state index is -1.72. The van der Waals surface area contributed by atoms with Crippen LogP contribution in [-0.4, -0.2) is 22.2 Å². The number of rotatable bonds is 2. The average Bonchev–Trinajstić information content (AvgIpc) is 2.08. The van der Waals surface area contributed by atoms with Crippen molar-refractivity contribution in [3.05, 3.63) is 34.9 Å². The Morgan fingerprint density at radius 3 is 2.07 bits per heavy atom. The third-order valence-corrected chi connectivity index (χ3v) is 1.51. The topological polar surface area (TPSA) is 74.6 Å². The van der Waals surface area contributed by atoms with Gasteiger partial charge in [0.2, 0.25) is 0 Å². The first-order chi connectivity index (χ1) is 6.43. The molecule has 0 saturated heterocycles. The normalized spacial score (nSPS) is 9.86. The monoisotopic (exact) mass is 202 g/mol. The van der Waals surface area contributed by atoms with Crippen LogP contribution in [0, 0.1) is 11.6 Å². The van der Waals surface area contributed by atoms with Gasteiger partial charge in [0.25, 0.3) is 0 Å². The van der Waals surface area contributed by atoms with Crippen LogP contribution in [0.4, 0.5) is 8.78 Å². The fraction of sp³-hybridized carbons (Fsp3) is 0. The Labute approximate surface area is 76.4 Å². The summed E-state index contributed by atoms with van der Waals surface area (Å²) in [7, 11) is 0. The quantitative estimate of drug-likeness (QED) is 0.759. The first kappa shape index (κ1) is 10.1. The van der Waals surface area contributed by atoms with Gasteiger partial charge in [0, 0.05) is 0 Å². The molecule has 4 nitrogen and oxygen atoms in total. The van der Waals surface area contributed by atoms with Gasteiger partial charge in [-0.05, 0) is 12.1 Å². The standard InChI is InChI=1S/C8H4F2O4/c9-5-2-3(7(11)12)1-4(6(5)10)8(13)14/h1-2H,(H,11,12)(H,13,14). The van der Waals surface area contributed by atoms with E-state index < -0.39 is 34.7 Å². The summed E-state index contributed by atoms with van der Waals surface area (Å²) >= 11 is 0. The predicted octanol–water partition coefficient (Wildman–Crippen LogP) is 1.36. The van der Waals surface area contributed by atoms with Crippen LogP contribution < -0.4 is 0 Å². The van der Waals surface area contributed by atoms with Gasteiger partial charge in [-0.15, -0.1) is 0 Å². The Morgan fingerprint density at radius 1 is 1.07 bits per heavy atom. The van der Waals surface area contributed by atoms with Crippen molar-refractivity contribution in [2.24, 2.45) is 0 Å². The number of hydrogen-bond acceptors (Lipinski definition) is 2. The van der Waals surface area contributed by atoms with Crippen LogP contribution in [0.3, 0.4) is 0 Å². The molecule has 0 unspecified atom stereocenters. The van der Waals surface area contributed by atoms with E-state index in [2.05, 4.69) is 0 Å². The Bertz CT molecular complexity index is 414. The Kier molecular flexibility index (Phi) is 2.46. The maximum Gasteiger partial charge on any atom is 0.338 e. The zero-order valence-electron chi connectivity index (χ0n) is 6.62. The van der Waals surface area contributed by atoms with Crippen molar-refractivity contribution < 1.29 is 28.6 Å². The van der Waals surface area contributed by atoms with Crippen LogP contribution in [0.25, 0.3) is 0 Å². The molecule has 0 atom stereocenters. The second-order valence-electron chi connectivity index (χ2n) is 2.43. The summed E-state index contributed by atoms with van der Waals surface area (Å²) in [5.74, 6) is -6.30. The first-order valence-electron chi connectivity index (χ1n) is 3.39. The summed E-state index contributed by atoms with van der Waals surface area (Å²) in [6.45, 7) is 0. The van der Waals surface area contributed by atoms with E-state index in [1.54, 1.807) is 0 Å². The molecule has 0 saturated carbocycles. The number of carboxylic acids is 2. The SMILES string of the molecule is O=C(O)c1cc(F)c(F)c(C(=O)O)c1. The van der Waals surface area contributed by atoms with Gasteiger partial charge in [0.05, 0.1) is 11.1 Å². The van der Waals surface area contributed by atoms with E-state index in [9.17, 15) is 18.4 Å². The van der Waals surface area contributed by atoms with E-state index in [-0.39, 0.29) is 0 Å². The van der Waals surface area contributed by atoms with Gasteiger partial charge in [-0.2, -0.15) is 0 Å². The van der Waals surface area contributed by atoms with Gasteiger partial charge in [0.1, 0.15) is 0 Å². The molecule has 1 rings (SSSR count). The zero-order chi connectivity index (χ0) is 10.9. The highest BCUT2D eigenvalue weighted by Gasteiger charge is 2.18. The molecular weight excluding hydrogens is 198 g/mol. The largest absolute Gasteiger partial charge is 0.478 e. The van der Waals surface area contributed by atoms with Crippen molar-refractivity contribution in [1.29, 1.82) is 0 Å². The molecule has 0 aliphatic rings. The van der Waals surface area contributed by atoms with Gasteiger partial charge >= 0.3 is 11.9 Å². The predicted molar refractivity (Wildman–Crippen MR) is 40.3 cm³/mol. The average molecular weight is 202 g/mol. The van der Waals surface area contributed by atoms with Gasteiger partial charge in [-0.1, -0.05) is 0 Å². The lowest BCUT2D eigenvalue weighted by Crippen LogP contribution is -2.07. The molecular formula is C8H4F2O4. The van der Waals surface area contributed by atoms with Gasteiger partial charge in [0.15, 0.2) is 11.6 Å². The van der Waals surface area contributed by atoms with E-state index in [4.69, 9.17) is 10.2 Å². The number of carboxylic acid groups (broad SMARTS) is 2. The number of hydrogen-bond donors (Lipinski definition) is 2. The number of carbonyl (C=O) groups is 2. The second-order valence-corrected chi connectivity index (χ2v) is 2.43. The van der Waals surface area contributed by atoms with E-state index in [1.165, 1.54) is 0 Å². The van der Waals surface area contributed by atoms with Crippen molar-refractivity contribution in [1.82, 2.24) is 0 Å². The van der Waals surface area contributed by atoms with E-state index in [0.29, 0.717) is 12.1 Å². The maximum atomic E-state index is 12.7. The molecule has 0 bridgehead atoms. The molecule has 0 aromatic heterocycles. The smallest absolute Gasteiger partial charge is 0.338 e. The zero-order valence-corrected chi connectivity index (χ0v) is 6.62. The molecule has 0 aliphatic carbocycles. The molecule has 0 aliphatic heterocycles. The molecule has 0 amide bonds. The summed E-state index contributed by atoms with van der Waals surface area (Å²) in [5, 5.41) is 16.8. The highest BCUT2D eigenvalue weighted by molar-refractivity contribution is 5.93. The summed E-state index contributed by atoms with van der Waals surface area (Å²) in [4.78, 5) is 20.7. The third kappa shape index (κ3) is 1.68. The van der Waals surface area contributed by atoms with Crippen LogP contribution in [0.2, 0.25) is 0 Å². The molecule has 74 valence electrons. The molecule has 0 fully saturated rings. The van der Waals surface area contributed by atoms with Crippen molar-refractivity contribution in [2.45, 2.75) is 0 Å². The fourth-order valence-corrected chi connectivity index (χ4v) is 0.868. The van der Waals surface area contributed by atoms with E-state index in [1.807, 2.05) is 0 Å². The van der Waals surface area contributed by atoms with Crippen LogP contribution in [0.5, 0.6) is 0 Å². The minimum absolute atomic E-state index is 0.421. The van der Waals surface area contributed by atoms with Crippen LogP contribution >= 0.6 is 0 Å². The Morgan fingerprint density at radius 2 is 1.64 bits per heavy atom. The summed E-state index contributed by atoms with van der Waals surface area (Å²) in [6.07, 6.45) is 0. The molecule has 0 spiro atoms. The second kappa shape index (κ2) is 3.41. The molecule has 1 aromatic rings. The van der Waals surface area contributed by atoms with E-state index in [0.717, 1.165) is 0 Å².